The lowest BCUT2D eigenvalue weighted by Gasteiger charge is -2.25. The molecule has 1 fully saturated rings. The van der Waals surface area contributed by atoms with E-state index in [9.17, 15) is 0 Å². The van der Waals surface area contributed by atoms with Crippen molar-refractivity contribution in [2.45, 2.75) is 38.5 Å². The molecule has 1 aromatic heterocycles. The summed E-state index contributed by atoms with van der Waals surface area (Å²) in [6.45, 7) is 2.67. The summed E-state index contributed by atoms with van der Waals surface area (Å²) in [6.07, 6.45) is 10.6. The Morgan fingerprint density at radius 3 is 2.29 bits per heavy atom. The van der Waals surface area contributed by atoms with Crippen LogP contribution in [0.3, 0.4) is 0 Å². The van der Waals surface area contributed by atoms with Crippen LogP contribution in [0, 0.1) is 5.92 Å². The highest BCUT2D eigenvalue weighted by Crippen LogP contribution is 2.35. The van der Waals surface area contributed by atoms with Crippen molar-refractivity contribution in [3.05, 3.63) is 54.1 Å². The van der Waals surface area contributed by atoms with Gasteiger partial charge in [0.25, 0.3) is 0 Å². The first-order valence-electron chi connectivity index (χ1n) is 8.62. The van der Waals surface area contributed by atoms with Crippen LogP contribution in [-0.4, -0.2) is 16.6 Å². The molecule has 1 aromatic carbocycles. The van der Waals surface area contributed by atoms with Crippen molar-refractivity contribution in [2.24, 2.45) is 5.92 Å². The molecule has 4 heteroatoms. The van der Waals surface area contributed by atoms with Crippen LogP contribution in [0.1, 0.15) is 44.3 Å². The zero-order valence-electron chi connectivity index (χ0n) is 14.0. The summed E-state index contributed by atoms with van der Waals surface area (Å²) in [6, 6.07) is 8.07. The van der Waals surface area contributed by atoms with Crippen molar-refractivity contribution in [3.63, 3.8) is 0 Å². The van der Waals surface area contributed by atoms with E-state index in [1.807, 2.05) is 43.6 Å². The third-order valence-electron chi connectivity index (χ3n) is 4.65. The average Bonchev–Trinajstić information content (AvgIpc) is 2.64. The van der Waals surface area contributed by atoms with Crippen molar-refractivity contribution in [2.75, 3.05) is 6.61 Å². The Morgan fingerprint density at radius 1 is 1.04 bits per heavy atom. The zero-order chi connectivity index (χ0) is 16.8. The fourth-order valence-electron chi connectivity index (χ4n) is 3.28. The Bertz CT molecular complexity index is 659. The third-order valence-corrected chi connectivity index (χ3v) is 4.80. The molecule has 1 heterocycles. The second-order valence-corrected chi connectivity index (χ2v) is 6.47. The van der Waals surface area contributed by atoms with Crippen molar-refractivity contribution >= 4 is 11.6 Å². The Hall–Kier alpha value is -1.87. The highest BCUT2D eigenvalue weighted by Gasteiger charge is 2.22. The minimum absolute atomic E-state index is 0.472. The quantitative estimate of drug-likeness (QED) is 0.712. The van der Waals surface area contributed by atoms with E-state index in [-0.39, 0.29) is 0 Å². The predicted octanol–water partition coefficient (Wildman–Crippen LogP) is 5.57. The van der Waals surface area contributed by atoms with Gasteiger partial charge in [0.15, 0.2) is 0 Å². The number of nitrogens with zero attached hydrogens (tertiary/aromatic N) is 2. The van der Waals surface area contributed by atoms with E-state index in [1.54, 1.807) is 5.54 Å². The summed E-state index contributed by atoms with van der Waals surface area (Å²) < 4.78 is 5.48. The maximum atomic E-state index is 5.68. The number of hydrogen-bond donors (Lipinski definition) is 0. The monoisotopic (exact) mass is 342 g/mol. The van der Waals surface area contributed by atoms with Crippen molar-refractivity contribution < 1.29 is 4.74 Å². The Labute approximate surface area is 148 Å². The number of benzene rings is 1. The van der Waals surface area contributed by atoms with Gasteiger partial charge >= 0.3 is 0 Å². The highest BCUT2D eigenvalue weighted by atomic mass is 35.5. The molecule has 0 bridgehead atoms. The van der Waals surface area contributed by atoms with Gasteiger partial charge in [0.2, 0.25) is 0 Å². The molecular weight excluding hydrogens is 320 g/mol. The second kappa shape index (κ2) is 8.29. The normalized spacial score (nSPS) is 21.1. The van der Waals surface area contributed by atoms with Crippen LogP contribution in [0.15, 0.2) is 48.3 Å². The van der Waals surface area contributed by atoms with E-state index in [0.29, 0.717) is 18.4 Å². The molecule has 3 rings (SSSR count). The number of aromatic nitrogens is 2. The molecule has 1 aliphatic carbocycles. The molecule has 1 aliphatic rings. The highest BCUT2D eigenvalue weighted by molar-refractivity contribution is 6.25. The summed E-state index contributed by atoms with van der Waals surface area (Å²) in [5.41, 5.74) is 3.80. The summed E-state index contributed by atoms with van der Waals surface area (Å²) >= 11 is 5.68. The van der Waals surface area contributed by atoms with Crippen LogP contribution in [-0.2, 0) is 0 Å². The van der Waals surface area contributed by atoms with Crippen LogP contribution in [0.5, 0.6) is 5.75 Å². The fraction of sp³-hybridized carbons (Fsp3) is 0.400. The van der Waals surface area contributed by atoms with Crippen LogP contribution in [0.4, 0.5) is 0 Å². The minimum Gasteiger partial charge on any atom is -0.494 e. The summed E-state index contributed by atoms with van der Waals surface area (Å²) in [5.74, 6) is 2.95. The minimum atomic E-state index is 0.472. The molecule has 0 spiro atoms. The van der Waals surface area contributed by atoms with Gasteiger partial charge in [-0.2, -0.15) is 0 Å². The lowest BCUT2D eigenvalue weighted by atomic mass is 9.81. The number of hydrogen-bond acceptors (Lipinski definition) is 3. The van der Waals surface area contributed by atoms with Gasteiger partial charge in [-0.15, -0.1) is 0 Å². The molecular formula is C20H23ClN2O. The van der Waals surface area contributed by atoms with Gasteiger partial charge in [0, 0.05) is 29.4 Å². The van der Waals surface area contributed by atoms with E-state index in [4.69, 9.17) is 16.3 Å². The van der Waals surface area contributed by atoms with Gasteiger partial charge in [-0.05, 0) is 56.2 Å². The van der Waals surface area contributed by atoms with Gasteiger partial charge in [0.1, 0.15) is 11.6 Å². The first-order chi connectivity index (χ1) is 11.8. The first kappa shape index (κ1) is 17.0. The molecule has 0 saturated heterocycles. The van der Waals surface area contributed by atoms with E-state index in [0.717, 1.165) is 48.4 Å². The van der Waals surface area contributed by atoms with Gasteiger partial charge in [-0.1, -0.05) is 29.8 Å². The van der Waals surface area contributed by atoms with E-state index in [1.165, 1.54) is 0 Å². The average molecular weight is 343 g/mol. The maximum Gasteiger partial charge on any atom is 0.131 e. The topological polar surface area (TPSA) is 35.0 Å². The largest absolute Gasteiger partial charge is 0.494 e. The van der Waals surface area contributed by atoms with Crippen LogP contribution in [0.2, 0.25) is 0 Å². The van der Waals surface area contributed by atoms with Crippen LogP contribution in [0.25, 0.3) is 11.1 Å². The number of halogens is 1. The second-order valence-electron chi connectivity index (χ2n) is 6.22. The standard InChI is InChI=1S/C20H23ClN2O/c1-2-24-19-9-7-16(8-10-19)18-13-22-20(23-14-18)17-5-3-15(4-6-17)11-12-21/h7-15,17H,2-6H2,1H3. The molecule has 3 nitrogen and oxygen atoms in total. The molecule has 2 aromatic rings. The third kappa shape index (κ3) is 4.15. The molecule has 0 atom stereocenters. The van der Waals surface area contributed by atoms with Gasteiger partial charge in [-0.25, -0.2) is 9.97 Å². The molecule has 126 valence electrons. The Morgan fingerprint density at radius 2 is 1.71 bits per heavy atom. The lowest BCUT2D eigenvalue weighted by molar-refractivity contribution is 0.340. The van der Waals surface area contributed by atoms with E-state index < -0.39 is 0 Å². The lowest BCUT2D eigenvalue weighted by Crippen LogP contribution is -2.13. The molecule has 0 amide bonds. The molecule has 0 unspecified atom stereocenters. The SMILES string of the molecule is CCOc1ccc(-c2cnc(C3CCC(C=CCl)CC3)nc2)cc1. The van der Waals surface area contributed by atoms with E-state index >= 15 is 0 Å². The van der Waals surface area contributed by atoms with Crippen LogP contribution < -0.4 is 4.74 Å². The predicted molar refractivity (Wildman–Crippen MR) is 98.3 cm³/mol. The van der Waals surface area contributed by atoms with Gasteiger partial charge in [-0.3, -0.25) is 0 Å². The van der Waals surface area contributed by atoms with Crippen molar-refractivity contribution in [1.82, 2.24) is 9.97 Å². The smallest absolute Gasteiger partial charge is 0.131 e. The summed E-state index contributed by atoms with van der Waals surface area (Å²) in [7, 11) is 0. The van der Waals surface area contributed by atoms with E-state index in [2.05, 4.69) is 16.0 Å². The summed E-state index contributed by atoms with van der Waals surface area (Å²) in [4.78, 5) is 9.24. The number of allylic oxidation sites excluding steroid dienone is 1. The number of ether oxygens (including phenoxy) is 1. The van der Waals surface area contributed by atoms with Crippen LogP contribution >= 0.6 is 11.6 Å². The Balaban J connectivity index is 1.65. The summed E-state index contributed by atoms with van der Waals surface area (Å²) in [5, 5.41) is 0. The maximum absolute atomic E-state index is 5.68. The fourth-order valence-corrected chi connectivity index (χ4v) is 3.49. The molecule has 0 aliphatic heterocycles. The molecule has 1 saturated carbocycles. The van der Waals surface area contributed by atoms with Crippen molar-refractivity contribution in [1.29, 1.82) is 0 Å². The molecule has 0 radical (unpaired) electrons. The zero-order valence-corrected chi connectivity index (χ0v) is 14.7. The number of rotatable bonds is 5. The molecule has 0 N–H and O–H groups in total. The first-order valence-corrected chi connectivity index (χ1v) is 9.06. The molecule has 24 heavy (non-hydrogen) atoms. The van der Waals surface area contributed by atoms with Gasteiger partial charge in [0.05, 0.1) is 6.61 Å². The van der Waals surface area contributed by atoms with Gasteiger partial charge < -0.3 is 4.74 Å². The Kier molecular flexibility index (Phi) is 5.86. The van der Waals surface area contributed by atoms with Crippen molar-refractivity contribution in [3.8, 4) is 16.9 Å².